The number of rotatable bonds is 2. The largest absolute Gasteiger partial charge is 0.298 e. The van der Waals surface area contributed by atoms with Crippen molar-refractivity contribution in [2.24, 2.45) is 0 Å². The van der Waals surface area contributed by atoms with Gasteiger partial charge < -0.3 is 0 Å². The molecule has 0 saturated carbocycles. The third-order valence-electron chi connectivity index (χ3n) is 1.50. The van der Waals surface area contributed by atoms with Gasteiger partial charge in [0.15, 0.2) is 0 Å². The lowest BCUT2D eigenvalue weighted by atomic mass is 10.2. The summed E-state index contributed by atoms with van der Waals surface area (Å²) in [6.45, 7) is 1.99. The van der Waals surface area contributed by atoms with Crippen molar-refractivity contribution in [3.63, 3.8) is 0 Å². The summed E-state index contributed by atoms with van der Waals surface area (Å²) in [5.74, 6) is 0. The van der Waals surface area contributed by atoms with Crippen LogP contribution in [0.5, 0.6) is 0 Å². The quantitative estimate of drug-likeness (QED) is 0.753. The number of hydrogen-bond acceptors (Lipinski definition) is 2. The summed E-state index contributed by atoms with van der Waals surface area (Å²) < 4.78 is 12.3. The molecule has 0 aliphatic carbocycles. The maximum absolute atomic E-state index is 10.1. The highest BCUT2D eigenvalue weighted by Crippen LogP contribution is 1.98. The van der Waals surface area contributed by atoms with Gasteiger partial charge in [-0.25, -0.2) is 8.93 Å². The average Bonchev–Trinajstić information content (AvgIpc) is 2.20. The zero-order chi connectivity index (χ0) is 11.0. The second-order valence-electron chi connectivity index (χ2n) is 2.69. The zero-order valence-corrected chi connectivity index (χ0v) is 9.43. The van der Waals surface area contributed by atoms with Crippen LogP contribution in [0.1, 0.15) is 15.9 Å². The van der Waals surface area contributed by atoms with Crippen LogP contribution in [0, 0.1) is 6.92 Å². The number of aryl methyl sites for hydroxylation is 1. The Kier molecular flexibility index (Phi) is 6.88. The highest BCUT2D eigenvalue weighted by atomic mass is 32.2. The Balaban J connectivity index is 0.000000292. The predicted octanol–water partition coefficient (Wildman–Crippen LogP) is 1.31. The highest BCUT2D eigenvalue weighted by molar-refractivity contribution is 7.82. The molecular formula is C10H15NO2S. The number of carbonyl (C=O) groups is 1. The molecule has 0 saturated heterocycles. The van der Waals surface area contributed by atoms with Crippen LogP contribution in [0.25, 0.3) is 0 Å². The lowest BCUT2D eigenvalue weighted by Crippen LogP contribution is -2.06. The summed E-state index contributed by atoms with van der Waals surface area (Å²) in [4.78, 5) is 10.1. The van der Waals surface area contributed by atoms with E-state index in [-0.39, 0.29) is 0 Å². The average molecular weight is 213 g/mol. The Labute approximate surface area is 87.1 Å². The molecule has 0 bridgehead atoms. The van der Waals surface area contributed by atoms with Gasteiger partial charge in [0, 0.05) is 11.8 Å². The Morgan fingerprint density at radius 1 is 1.29 bits per heavy atom. The maximum atomic E-state index is 10.1. The van der Waals surface area contributed by atoms with Gasteiger partial charge in [0.2, 0.25) is 0 Å². The molecule has 3 nitrogen and oxygen atoms in total. The van der Waals surface area contributed by atoms with Gasteiger partial charge in [-0.05, 0) is 14.0 Å². The van der Waals surface area contributed by atoms with Crippen LogP contribution in [0.4, 0.5) is 0 Å². The molecular weight excluding hydrogens is 198 g/mol. The van der Waals surface area contributed by atoms with Crippen molar-refractivity contribution in [3.8, 4) is 0 Å². The van der Waals surface area contributed by atoms with Gasteiger partial charge in [0.25, 0.3) is 0 Å². The Bertz CT molecular complexity index is 295. The lowest BCUT2D eigenvalue weighted by molar-refractivity contribution is 0.112. The fraction of sp³-hybridized carbons (Fsp3) is 0.300. The van der Waals surface area contributed by atoms with E-state index in [4.69, 9.17) is 0 Å². The third kappa shape index (κ3) is 6.51. The predicted molar refractivity (Wildman–Crippen MR) is 59.7 cm³/mol. The monoisotopic (exact) mass is 213 g/mol. The zero-order valence-electron chi connectivity index (χ0n) is 8.61. The molecule has 1 rings (SSSR count). The third-order valence-corrected chi connectivity index (χ3v) is 2.08. The standard InChI is InChI=1S/C8H8O.C2H7NOS/c1-7-2-4-8(6-9)5-3-7;1-3-5(2)4/h2-6H,1H3;3H,1-2H3. The molecule has 0 amide bonds. The van der Waals surface area contributed by atoms with Crippen LogP contribution < -0.4 is 4.72 Å². The van der Waals surface area contributed by atoms with Gasteiger partial charge in [-0.2, -0.15) is 0 Å². The SMILES string of the molecule is CNS(C)=O.Cc1ccc(C=O)cc1. The van der Waals surface area contributed by atoms with Gasteiger partial charge in [-0.15, -0.1) is 0 Å². The van der Waals surface area contributed by atoms with Crippen LogP contribution in [0.2, 0.25) is 0 Å². The number of carbonyl (C=O) groups excluding carboxylic acids is 1. The van der Waals surface area contributed by atoms with E-state index >= 15 is 0 Å². The number of aldehydes is 1. The van der Waals surface area contributed by atoms with E-state index in [1.807, 2.05) is 31.2 Å². The molecule has 1 atom stereocenters. The van der Waals surface area contributed by atoms with E-state index in [0.29, 0.717) is 0 Å². The van der Waals surface area contributed by atoms with Crippen LogP contribution >= 0.6 is 0 Å². The minimum atomic E-state index is -0.823. The lowest BCUT2D eigenvalue weighted by Gasteiger charge is -1.89. The Morgan fingerprint density at radius 3 is 2.00 bits per heavy atom. The van der Waals surface area contributed by atoms with Crippen molar-refractivity contribution in [3.05, 3.63) is 35.4 Å². The first-order valence-electron chi connectivity index (χ1n) is 4.12. The molecule has 0 aromatic heterocycles. The molecule has 0 aliphatic heterocycles. The molecule has 1 aromatic carbocycles. The molecule has 0 aliphatic rings. The summed E-state index contributed by atoms with van der Waals surface area (Å²) in [7, 11) is 0.826. The molecule has 4 heteroatoms. The van der Waals surface area contributed by atoms with E-state index < -0.39 is 11.0 Å². The number of nitrogens with one attached hydrogen (secondary N) is 1. The van der Waals surface area contributed by atoms with Crippen molar-refractivity contribution in [2.75, 3.05) is 13.3 Å². The van der Waals surface area contributed by atoms with Crippen LogP contribution in [0.3, 0.4) is 0 Å². The van der Waals surface area contributed by atoms with Crippen LogP contribution in [0.15, 0.2) is 24.3 Å². The summed E-state index contributed by atoms with van der Waals surface area (Å²) >= 11 is 0. The van der Waals surface area contributed by atoms with Crippen molar-refractivity contribution in [2.45, 2.75) is 6.92 Å². The Hall–Kier alpha value is -1.00. The minimum Gasteiger partial charge on any atom is -0.298 e. The second kappa shape index (κ2) is 7.41. The van der Waals surface area contributed by atoms with E-state index in [0.717, 1.165) is 11.8 Å². The van der Waals surface area contributed by atoms with Crippen molar-refractivity contribution >= 4 is 17.3 Å². The summed E-state index contributed by atoms with van der Waals surface area (Å²) in [5, 5.41) is 0. The molecule has 0 fully saturated rings. The van der Waals surface area contributed by atoms with E-state index in [2.05, 4.69) is 4.72 Å². The molecule has 1 unspecified atom stereocenters. The van der Waals surface area contributed by atoms with E-state index in [9.17, 15) is 9.00 Å². The fourth-order valence-electron chi connectivity index (χ4n) is 0.645. The van der Waals surface area contributed by atoms with Crippen molar-refractivity contribution in [1.82, 2.24) is 4.72 Å². The minimum absolute atomic E-state index is 0.737. The molecule has 14 heavy (non-hydrogen) atoms. The smallest absolute Gasteiger partial charge is 0.150 e. The van der Waals surface area contributed by atoms with Gasteiger partial charge in [-0.3, -0.25) is 4.79 Å². The second-order valence-corrected chi connectivity index (χ2v) is 4.00. The fourth-order valence-corrected chi connectivity index (χ4v) is 0.645. The summed E-state index contributed by atoms with van der Waals surface area (Å²) in [6.07, 6.45) is 2.43. The normalized spacial score (nSPS) is 11.1. The molecule has 78 valence electrons. The highest BCUT2D eigenvalue weighted by Gasteiger charge is 1.85. The molecule has 0 radical (unpaired) electrons. The topological polar surface area (TPSA) is 46.2 Å². The van der Waals surface area contributed by atoms with E-state index in [1.165, 1.54) is 5.56 Å². The molecule has 1 N–H and O–H groups in total. The van der Waals surface area contributed by atoms with Crippen molar-refractivity contribution in [1.29, 1.82) is 0 Å². The first kappa shape index (κ1) is 13.0. The Morgan fingerprint density at radius 2 is 1.71 bits per heavy atom. The first-order valence-corrected chi connectivity index (χ1v) is 5.68. The van der Waals surface area contributed by atoms with Crippen molar-refractivity contribution < 1.29 is 9.00 Å². The number of benzene rings is 1. The summed E-state index contributed by atoms with van der Waals surface area (Å²) in [6, 6.07) is 7.46. The van der Waals surface area contributed by atoms with Gasteiger partial charge in [0.05, 0.1) is 11.0 Å². The van der Waals surface area contributed by atoms with Crippen LogP contribution in [-0.4, -0.2) is 23.8 Å². The maximum Gasteiger partial charge on any atom is 0.150 e. The van der Waals surface area contributed by atoms with E-state index in [1.54, 1.807) is 13.3 Å². The first-order chi connectivity index (χ1) is 6.60. The summed E-state index contributed by atoms with van der Waals surface area (Å²) in [5.41, 5.74) is 1.92. The van der Waals surface area contributed by atoms with Gasteiger partial charge in [-0.1, -0.05) is 29.8 Å². The molecule has 1 aromatic rings. The van der Waals surface area contributed by atoms with Gasteiger partial charge in [0.1, 0.15) is 6.29 Å². The molecule has 0 spiro atoms. The molecule has 0 heterocycles. The van der Waals surface area contributed by atoms with Crippen LogP contribution in [-0.2, 0) is 11.0 Å². The number of hydrogen-bond donors (Lipinski definition) is 1. The van der Waals surface area contributed by atoms with Gasteiger partial charge >= 0.3 is 0 Å².